The maximum Gasteiger partial charge on any atom is 0.308 e. The van der Waals surface area contributed by atoms with Gasteiger partial charge in [-0.25, -0.2) is 0 Å². The third kappa shape index (κ3) is 2.75. The largest absolute Gasteiger partial charge is 0.481 e. The van der Waals surface area contributed by atoms with Crippen LogP contribution in [-0.2, 0) is 4.79 Å². The Balaban J connectivity index is 2.15. The molecule has 98 valence electrons. The number of carboxylic acid groups (broad SMARTS) is 1. The number of amides is 1. The zero-order valence-corrected chi connectivity index (χ0v) is 12.3. The molecule has 1 amide bonds. The Morgan fingerprint density at radius 3 is 2.78 bits per heavy atom. The standard InChI is InChI=1S/C12H14BrNO3S/c1-7-4-8(12(16)17)6-14(5-7)11(15)10-9(13)2-3-18-10/h2-3,7-8H,4-6H2,1H3,(H,16,17). The highest BCUT2D eigenvalue weighted by Crippen LogP contribution is 2.28. The molecule has 18 heavy (non-hydrogen) atoms. The number of carbonyl (C=O) groups excluding carboxylic acids is 1. The summed E-state index contributed by atoms with van der Waals surface area (Å²) in [6.45, 7) is 2.93. The fraction of sp³-hybridized carbons (Fsp3) is 0.500. The van der Waals surface area contributed by atoms with Crippen LogP contribution < -0.4 is 0 Å². The Hall–Kier alpha value is -0.880. The number of nitrogens with zero attached hydrogens (tertiary/aromatic N) is 1. The van der Waals surface area contributed by atoms with Crippen molar-refractivity contribution >= 4 is 39.1 Å². The fourth-order valence-corrected chi connectivity index (χ4v) is 3.79. The molecule has 6 heteroatoms. The summed E-state index contributed by atoms with van der Waals surface area (Å²) in [6.07, 6.45) is 0.644. The van der Waals surface area contributed by atoms with Crippen LogP contribution in [0.5, 0.6) is 0 Å². The smallest absolute Gasteiger partial charge is 0.308 e. The molecule has 4 nitrogen and oxygen atoms in total. The predicted octanol–water partition coefficient (Wildman–Crippen LogP) is 2.69. The van der Waals surface area contributed by atoms with Crippen LogP contribution in [0.15, 0.2) is 15.9 Å². The summed E-state index contributed by atoms with van der Waals surface area (Å²) in [5, 5.41) is 10.9. The highest BCUT2D eigenvalue weighted by Gasteiger charge is 2.33. The number of rotatable bonds is 2. The normalized spacial score (nSPS) is 24.0. The second-order valence-corrected chi connectivity index (χ2v) is 6.45. The molecule has 0 saturated carbocycles. The Morgan fingerprint density at radius 2 is 2.22 bits per heavy atom. The van der Waals surface area contributed by atoms with Gasteiger partial charge in [-0.3, -0.25) is 9.59 Å². The van der Waals surface area contributed by atoms with Gasteiger partial charge in [0.15, 0.2) is 0 Å². The van der Waals surface area contributed by atoms with Crippen LogP contribution in [-0.4, -0.2) is 35.0 Å². The van der Waals surface area contributed by atoms with Gasteiger partial charge in [-0.1, -0.05) is 6.92 Å². The van der Waals surface area contributed by atoms with E-state index in [1.807, 2.05) is 18.4 Å². The second kappa shape index (κ2) is 5.40. The first-order valence-electron chi connectivity index (χ1n) is 5.74. The molecule has 0 aliphatic carbocycles. The average molecular weight is 332 g/mol. The van der Waals surface area contributed by atoms with Gasteiger partial charge in [0.05, 0.1) is 5.92 Å². The molecular formula is C12H14BrNO3S. The zero-order chi connectivity index (χ0) is 13.3. The lowest BCUT2D eigenvalue weighted by molar-refractivity contribution is -0.143. The quantitative estimate of drug-likeness (QED) is 0.906. The summed E-state index contributed by atoms with van der Waals surface area (Å²) < 4.78 is 0.780. The van der Waals surface area contributed by atoms with E-state index in [4.69, 9.17) is 5.11 Å². The lowest BCUT2D eigenvalue weighted by atomic mass is 9.90. The van der Waals surface area contributed by atoms with Crippen LogP contribution in [0.1, 0.15) is 23.0 Å². The lowest BCUT2D eigenvalue weighted by Crippen LogP contribution is -2.45. The summed E-state index contributed by atoms with van der Waals surface area (Å²) in [7, 11) is 0. The van der Waals surface area contributed by atoms with Gasteiger partial charge in [-0.05, 0) is 39.7 Å². The molecule has 1 aromatic rings. The first-order valence-corrected chi connectivity index (χ1v) is 7.41. The third-order valence-corrected chi connectivity index (χ3v) is 4.93. The molecule has 1 saturated heterocycles. The first-order chi connectivity index (χ1) is 8.49. The van der Waals surface area contributed by atoms with Crippen molar-refractivity contribution < 1.29 is 14.7 Å². The Kier molecular flexibility index (Phi) is 4.07. The molecule has 1 aliphatic rings. The number of hydrogen-bond acceptors (Lipinski definition) is 3. The third-order valence-electron chi connectivity index (χ3n) is 3.11. The first kappa shape index (κ1) is 13.5. The molecule has 0 radical (unpaired) electrons. The Labute approximate surface area is 118 Å². The summed E-state index contributed by atoms with van der Waals surface area (Å²) >= 11 is 4.72. The van der Waals surface area contributed by atoms with E-state index >= 15 is 0 Å². The lowest BCUT2D eigenvalue weighted by Gasteiger charge is -2.34. The van der Waals surface area contributed by atoms with Crippen LogP contribution in [0, 0.1) is 11.8 Å². The van der Waals surface area contributed by atoms with Gasteiger partial charge in [0, 0.05) is 17.6 Å². The molecule has 2 atom stereocenters. The number of hydrogen-bond donors (Lipinski definition) is 1. The molecule has 0 spiro atoms. The van der Waals surface area contributed by atoms with Gasteiger partial charge in [0.1, 0.15) is 4.88 Å². The summed E-state index contributed by atoms with van der Waals surface area (Å²) in [4.78, 5) is 25.7. The average Bonchev–Trinajstić information content (AvgIpc) is 2.73. The van der Waals surface area contributed by atoms with Crippen molar-refractivity contribution in [1.82, 2.24) is 4.90 Å². The van der Waals surface area contributed by atoms with Crippen molar-refractivity contribution in [3.05, 3.63) is 20.8 Å². The molecule has 2 heterocycles. The van der Waals surface area contributed by atoms with Gasteiger partial charge in [-0.2, -0.15) is 0 Å². The van der Waals surface area contributed by atoms with E-state index in [1.165, 1.54) is 11.3 Å². The molecule has 1 aliphatic heterocycles. The number of likely N-dealkylation sites (tertiary alicyclic amines) is 1. The number of piperidine rings is 1. The minimum absolute atomic E-state index is 0.0744. The number of carboxylic acids is 1. The Bertz CT molecular complexity index is 474. The van der Waals surface area contributed by atoms with Crippen LogP contribution in [0.3, 0.4) is 0 Å². The zero-order valence-electron chi connectivity index (χ0n) is 9.93. The SMILES string of the molecule is CC1CC(C(=O)O)CN(C(=O)c2sccc2Br)C1. The number of carbonyl (C=O) groups is 2. The Morgan fingerprint density at radius 1 is 1.50 bits per heavy atom. The van der Waals surface area contributed by atoms with E-state index in [9.17, 15) is 9.59 Å². The maximum absolute atomic E-state index is 12.3. The van der Waals surface area contributed by atoms with Gasteiger partial charge < -0.3 is 10.0 Å². The van der Waals surface area contributed by atoms with Crippen molar-refractivity contribution in [2.24, 2.45) is 11.8 Å². The van der Waals surface area contributed by atoms with E-state index in [0.29, 0.717) is 24.4 Å². The van der Waals surface area contributed by atoms with Crippen LogP contribution in [0.4, 0.5) is 0 Å². The van der Waals surface area contributed by atoms with Crippen molar-refractivity contribution in [1.29, 1.82) is 0 Å². The van der Waals surface area contributed by atoms with E-state index < -0.39 is 11.9 Å². The molecule has 2 unspecified atom stereocenters. The van der Waals surface area contributed by atoms with Crippen molar-refractivity contribution in [2.75, 3.05) is 13.1 Å². The van der Waals surface area contributed by atoms with E-state index in [-0.39, 0.29) is 11.8 Å². The fourth-order valence-electron chi connectivity index (χ4n) is 2.29. The van der Waals surface area contributed by atoms with Gasteiger partial charge in [0.25, 0.3) is 5.91 Å². The van der Waals surface area contributed by atoms with Crippen molar-refractivity contribution in [2.45, 2.75) is 13.3 Å². The predicted molar refractivity (Wildman–Crippen MR) is 72.8 cm³/mol. The molecule has 0 aromatic carbocycles. The molecule has 1 fully saturated rings. The van der Waals surface area contributed by atoms with Crippen molar-refractivity contribution in [3.8, 4) is 0 Å². The summed E-state index contributed by atoms with van der Waals surface area (Å²) in [5.41, 5.74) is 0. The topological polar surface area (TPSA) is 57.6 Å². The second-order valence-electron chi connectivity index (χ2n) is 4.68. The summed E-state index contributed by atoms with van der Waals surface area (Å²) in [6, 6.07) is 1.83. The van der Waals surface area contributed by atoms with E-state index in [2.05, 4.69) is 15.9 Å². The number of halogens is 1. The highest BCUT2D eigenvalue weighted by atomic mass is 79.9. The van der Waals surface area contributed by atoms with Crippen LogP contribution in [0.25, 0.3) is 0 Å². The van der Waals surface area contributed by atoms with Gasteiger partial charge >= 0.3 is 5.97 Å². The molecule has 0 bridgehead atoms. The number of thiophene rings is 1. The van der Waals surface area contributed by atoms with Gasteiger partial charge in [-0.15, -0.1) is 11.3 Å². The highest BCUT2D eigenvalue weighted by molar-refractivity contribution is 9.10. The monoisotopic (exact) mass is 331 g/mol. The summed E-state index contributed by atoms with van der Waals surface area (Å²) in [5.74, 6) is -1.11. The maximum atomic E-state index is 12.3. The minimum atomic E-state index is -0.815. The number of aliphatic carboxylic acids is 1. The molecule has 1 aromatic heterocycles. The molecule has 2 rings (SSSR count). The van der Waals surface area contributed by atoms with E-state index in [1.54, 1.807) is 4.90 Å². The van der Waals surface area contributed by atoms with Gasteiger partial charge in [0.2, 0.25) is 0 Å². The van der Waals surface area contributed by atoms with Crippen LogP contribution in [0.2, 0.25) is 0 Å². The van der Waals surface area contributed by atoms with E-state index in [0.717, 1.165) is 4.47 Å². The molecular weight excluding hydrogens is 318 g/mol. The van der Waals surface area contributed by atoms with Crippen LogP contribution >= 0.6 is 27.3 Å². The minimum Gasteiger partial charge on any atom is -0.481 e. The van der Waals surface area contributed by atoms with Crippen molar-refractivity contribution in [3.63, 3.8) is 0 Å². The molecule has 1 N–H and O–H groups in total.